The van der Waals surface area contributed by atoms with Crippen LogP contribution in [0.5, 0.6) is 5.75 Å². The minimum atomic E-state index is 0.0580. The van der Waals surface area contributed by atoms with Gasteiger partial charge in [-0.15, -0.1) is 10.2 Å². The zero-order valence-electron chi connectivity index (χ0n) is 20.3. The molecule has 3 aromatic rings. The van der Waals surface area contributed by atoms with E-state index < -0.39 is 0 Å². The third kappa shape index (κ3) is 5.80. The van der Waals surface area contributed by atoms with Crippen LogP contribution < -0.4 is 4.74 Å². The normalized spacial score (nSPS) is 15.5. The Morgan fingerprint density at radius 3 is 2.68 bits per heavy atom. The van der Waals surface area contributed by atoms with Gasteiger partial charge in [0.2, 0.25) is 5.91 Å². The van der Waals surface area contributed by atoms with Crippen LogP contribution in [-0.2, 0) is 22.6 Å². The number of nitrogens with zero attached hydrogens (tertiary/aromatic N) is 4. The Labute approximate surface area is 205 Å². The summed E-state index contributed by atoms with van der Waals surface area (Å²) in [5.74, 6) is 1.92. The number of ether oxygens (including phenoxy) is 2. The van der Waals surface area contributed by atoms with Crippen molar-refractivity contribution >= 4 is 17.7 Å². The van der Waals surface area contributed by atoms with Crippen LogP contribution in [-0.4, -0.2) is 58.2 Å². The number of rotatable bonds is 9. The fraction of sp³-hybridized carbons (Fsp3) is 0.423. The van der Waals surface area contributed by atoms with Crippen molar-refractivity contribution in [3.8, 4) is 17.1 Å². The first kappa shape index (κ1) is 24.3. The predicted octanol–water partition coefficient (Wildman–Crippen LogP) is 4.50. The Morgan fingerprint density at radius 2 is 2.00 bits per heavy atom. The summed E-state index contributed by atoms with van der Waals surface area (Å²) in [6.07, 6.45) is 2.21. The molecule has 8 heteroatoms. The van der Waals surface area contributed by atoms with Crippen LogP contribution in [0, 0.1) is 13.8 Å². The van der Waals surface area contributed by atoms with Crippen LogP contribution in [0.3, 0.4) is 0 Å². The van der Waals surface area contributed by atoms with E-state index in [2.05, 4.69) is 46.8 Å². The highest BCUT2D eigenvalue weighted by Gasteiger charge is 2.23. The van der Waals surface area contributed by atoms with Crippen LogP contribution in [0.15, 0.2) is 47.6 Å². The van der Waals surface area contributed by atoms with E-state index in [9.17, 15) is 4.79 Å². The lowest BCUT2D eigenvalue weighted by atomic mass is 10.1. The molecule has 1 saturated heterocycles. The number of methoxy groups -OCH3 is 1. The molecule has 0 saturated carbocycles. The fourth-order valence-electron chi connectivity index (χ4n) is 4.11. The summed E-state index contributed by atoms with van der Waals surface area (Å²) in [7, 11) is 3.50. The molecule has 0 radical (unpaired) electrons. The van der Waals surface area contributed by atoms with Gasteiger partial charge in [-0.3, -0.25) is 9.36 Å². The highest BCUT2D eigenvalue weighted by atomic mass is 32.2. The number of amides is 1. The molecule has 4 rings (SSSR count). The quantitative estimate of drug-likeness (QED) is 0.420. The van der Waals surface area contributed by atoms with Crippen molar-refractivity contribution in [2.24, 2.45) is 0 Å². The lowest BCUT2D eigenvalue weighted by Crippen LogP contribution is -2.28. The van der Waals surface area contributed by atoms with Crippen molar-refractivity contribution in [2.75, 3.05) is 26.5 Å². The number of hydrogen-bond acceptors (Lipinski definition) is 6. The minimum Gasteiger partial charge on any atom is -0.497 e. The third-order valence-corrected chi connectivity index (χ3v) is 7.08. The first-order chi connectivity index (χ1) is 16.4. The maximum Gasteiger partial charge on any atom is 0.233 e. The van der Waals surface area contributed by atoms with Gasteiger partial charge in [-0.25, -0.2) is 0 Å². The maximum absolute atomic E-state index is 12.9. The number of carbonyl (C=O) groups is 1. The standard InChI is InChI=1S/C26H32N4O3S/c1-18-7-8-21(19(2)14-18)15-29(3)24(31)17-34-26-28-27-25(20-9-11-22(32-4)12-10-20)30(26)16-23-6-5-13-33-23/h7-12,14,23H,5-6,13,15-17H2,1-4H3. The molecule has 0 spiro atoms. The summed E-state index contributed by atoms with van der Waals surface area (Å²) in [6.45, 7) is 6.21. The second-order valence-electron chi connectivity index (χ2n) is 8.75. The fourth-order valence-corrected chi connectivity index (χ4v) is 5.00. The second kappa shape index (κ2) is 11.1. The average Bonchev–Trinajstić information content (AvgIpc) is 3.49. The van der Waals surface area contributed by atoms with Gasteiger partial charge >= 0.3 is 0 Å². The van der Waals surface area contributed by atoms with Gasteiger partial charge in [0.25, 0.3) is 0 Å². The first-order valence-corrected chi connectivity index (χ1v) is 12.5. The van der Waals surface area contributed by atoms with Gasteiger partial charge in [0.1, 0.15) is 5.75 Å². The molecule has 1 unspecified atom stereocenters. The van der Waals surface area contributed by atoms with Gasteiger partial charge in [-0.05, 0) is 62.1 Å². The van der Waals surface area contributed by atoms with E-state index >= 15 is 0 Å². The molecule has 0 aliphatic carbocycles. The Bertz CT molecular complexity index is 1120. The molecule has 1 amide bonds. The van der Waals surface area contributed by atoms with Crippen LogP contribution in [0.2, 0.25) is 0 Å². The SMILES string of the molecule is COc1ccc(-c2nnc(SCC(=O)N(C)Cc3ccc(C)cc3C)n2CC2CCCO2)cc1. The molecule has 34 heavy (non-hydrogen) atoms. The van der Waals surface area contributed by atoms with Crippen LogP contribution in [0.1, 0.15) is 29.5 Å². The highest BCUT2D eigenvalue weighted by Crippen LogP contribution is 2.28. The molecule has 1 fully saturated rings. The highest BCUT2D eigenvalue weighted by molar-refractivity contribution is 7.99. The van der Waals surface area contributed by atoms with Crippen molar-refractivity contribution in [3.05, 3.63) is 59.2 Å². The smallest absolute Gasteiger partial charge is 0.233 e. The predicted molar refractivity (Wildman–Crippen MR) is 134 cm³/mol. The van der Waals surface area contributed by atoms with Gasteiger partial charge in [0.15, 0.2) is 11.0 Å². The number of aryl methyl sites for hydroxylation is 2. The van der Waals surface area contributed by atoms with Crippen LogP contribution in [0.4, 0.5) is 0 Å². The topological polar surface area (TPSA) is 69.5 Å². The van der Waals surface area contributed by atoms with E-state index in [1.54, 1.807) is 12.0 Å². The maximum atomic E-state index is 12.9. The lowest BCUT2D eigenvalue weighted by molar-refractivity contribution is -0.127. The Balaban J connectivity index is 1.47. The van der Waals surface area contributed by atoms with E-state index in [1.807, 2.05) is 31.3 Å². The lowest BCUT2D eigenvalue weighted by Gasteiger charge is -2.19. The molecule has 1 aromatic heterocycles. The molecule has 180 valence electrons. The zero-order chi connectivity index (χ0) is 24.1. The molecule has 0 bridgehead atoms. The molecule has 1 aliphatic heterocycles. The Morgan fingerprint density at radius 1 is 1.21 bits per heavy atom. The molecular weight excluding hydrogens is 448 g/mol. The summed E-state index contributed by atoms with van der Waals surface area (Å²) in [5.41, 5.74) is 4.54. The molecule has 2 heterocycles. The van der Waals surface area contributed by atoms with E-state index in [1.165, 1.54) is 22.9 Å². The van der Waals surface area contributed by atoms with Crippen molar-refractivity contribution in [3.63, 3.8) is 0 Å². The van der Waals surface area contributed by atoms with E-state index in [0.29, 0.717) is 18.8 Å². The molecule has 1 aliphatic rings. The van der Waals surface area contributed by atoms with Crippen molar-refractivity contribution in [1.29, 1.82) is 0 Å². The van der Waals surface area contributed by atoms with Gasteiger partial charge < -0.3 is 14.4 Å². The summed E-state index contributed by atoms with van der Waals surface area (Å²) in [6, 6.07) is 14.1. The summed E-state index contributed by atoms with van der Waals surface area (Å²) >= 11 is 1.43. The molecule has 2 aromatic carbocycles. The van der Waals surface area contributed by atoms with E-state index in [0.717, 1.165) is 47.3 Å². The van der Waals surface area contributed by atoms with Gasteiger partial charge in [-0.2, -0.15) is 0 Å². The molecule has 0 N–H and O–H groups in total. The zero-order valence-corrected chi connectivity index (χ0v) is 21.1. The second-order valence-corrected chi connectivity index (χ2v) is 9.69. The molecule has 7 nitrogen and oxygen atoms in total. The number of thioether (sulfide) groups is 1. The van der Waals surface area contributed by atoms with Crippen LogP contribution >= 0.6 is 11.8 Å². The number of aromatic nitrogens is 3. The van der Waals surface area contributed by atoms with Crippen molar-refractivity contribution < 1.29 is 14.3 Å². The van der Waals surface area contributed by atoms with Crippen molar-refractivity contribution in [1.82, 2.24) is 19.7 Å². The minimum absolute atomic E-state index is 0.0580. The van der Waals surface area contributed by atoms with Gasteiger partial charge in [-0.1, -0.05) is 35.5 Å². The number of carbonyl (C=O) groups excluding carboxylic acids is 1. The Kier molecular flexibility index (Phi) is 7.90. The third-order valence-electron chi connectivity index (χ3n) is 6.13. The van der Waals surface area contributed by atoms with Gasteiger partial charge in [0.05, 0.1) is 25.5 Å². The number of hydrogen-bond donors (Lipinski definition) is 0. The first-order valence-electron chi connectivity index (χ1n) is 11.6. The summed E-state index contributed by atoms with van der Waals surface area (Å²) < 4.78 is 13.2. The van der Waals surface area contributed by atoms with Crippen molar-refractivity contribution in [2.45, 2.75) is 51.0 Å². The monoisotopic (exact) mass is 480 g/mol. The molecular formula is C26H32N4O3S. The largest absolute Gasteiger partial charge is 0.497 e. The van der Waals surface area contributed by atoms with E-state index in [-0.39, 0.29) is 12.0 Å². The number of benzene rings is 2. The average molecular weight is 481 g/mol. The summed E-state index contributed by atoms with van der Waals surface area (Å²) in [4.78, 5) is 14.7. The molecule has 1 atom stereocenters. The Hall–Kier alpha value is -2.84. The summed E-state index contributed by atoms with van der Waals surface area (Å²) in [5, 5.41) is 9.63. The van der Waals surface area contributed by atoms with Gasteiger partial charge in [0, 0.05) is 25.8 Å². The van der Waals surface area contributed by atoms with Crippen LogP contribution in [0.25, 0.3) is 11.4 Å². The van der Waals surface area contributed by atoms with E-state index in [4.69, 9.17) is 9.47 Å².